The number of benzene rings is 2. The number of Topliss-reactive ketones (excluding diaryl/α,β-unsaturated/α-hetero) is 1. The van der Waals surface area contributed by atoms with Crippen molar-refractivity contribution in [3.05, 3.63) is 121 Å². The van der Waals surface area contributed by atoms with E-state index < -0.39 is 0 Å². The molecule has 1 fully saturated rings. The van der Waals surface area contributed by atoms with Crippen molar-refractivity contribution >= 4 is 22.9 Å². The maximum absolute atomic E-state index is 10.3. The third-order valence-electron chi connectivity index (χ3n) is 5.25. The van der Waals surface area contributed by atoms with Gasteiger partial charge in [-0.1, -0.05) is 70.0 Å². The van der Waals surface area contributed by atoms with Gasteiger partial charge in [0.25, 0.3) is 0 Å². The Morgan fingerprint density at radius 3 is 1.76 bits per heavy atom. The summed E-state index contributed by atoms with van der Waals surface area (Å²) in [6, 6.07) is 20.2. The smallest absolute Gasteiger partial charge is 0.0996 e. The summed E-state index contributed by atoms with van der Waals surface area (Å²) in [5.74, 6) is 0.860. The van der Waals surface area contributed by atoms with E-state index in [1.54, 1.807) is 13.8 Å². The number of aliphatic imine (C=N–C) groups is 1. The summed E-state index contributed by atoms with van der Waals surface area (Å²) in [6.45, 7) is 22.4. The zero-order valence-electron chi connectivity index (χ0n) is 23.0. The zero-order chi connectivity index (χ0) is 27.1. The number of ketones is 1. The molecule has 37 heavy (non-hydrogen) atoms. The average molecular weight is 573 g/mol. The predicted octanol–water partition coefficient (Wildman–Crippen LogP) is 7.60. The van der Waals surface area contributed by atoms with Crippen LogP contribution in [0.4, 0.5) is 11.4 Å². The molecule has 1 heterocycles. The monoisotopic (exact) mass is 572 g/mol. The van der Waals surface area contributed by atoms with Gasteiger partial charge in [-0.05, 0) is 50.6 Å². The fraction of sp³-hybridized carbons (Fsp3) is 0.226. The first-order valence-electron chi connectivity index (χ1n) is 11.7. The second-order valence-electron chi connectivity index (χ2n) is 8.32. The van der Waals surface area contributed by atoms with Crippen LogP contribution in [-0.4, -0.2) is 11.5 Å². The molecule has 0 aromatic heterocycles. The molecule has 1 saturated heterocycles. The quantitative estimate of drug-likeness (QED) is 0.196. The number of nitrogens with zero attached hydrogens (tertiary/aromatic N) is 1. The maximum atomic E-state index is 10.3. The summed E-state index contributed by atoms with van der Waals surface area (Å²) in [5, 5.41) is 9.30. The van der Waals surface area contributed by atoms with Gasteiger partial charge in [0.2, 0.25) is 0 Å². The third kappa shape index (κ3) is 14.3. The maximum Gasteiger partial charge on any atom is 0.0996 e. The Morgan fingerprint density at radius 1 is 0.865 bits per heavy atom. The largest absolute Gasteiger partial charge is 0.407 e. The van der Waals surface area contributed by atoms with Gasteiger partial charge in [0, 0.05) is 73.4 Å². The van der Waals surface area contributed by atoms with E-state index in [2.05, 4.69) is 72.7 Å². The summed E-state index contributed by atoms with van der Waals surface area (Å²) >= 11 is 0. The van der Waals surface area contributed by atoms with E-state index in [0.717, 1.165) is 52.0 Å². The number of hydrogen-bond donors (Lipinski definition) is 3. The van der Waals surface area contributed by atoms with Crippen LogP contribution in [-0.2, 0) is 37.5 Å². The van der Waals surface area contributed by atoms with Crippen LogP contribution in [0.2, 0.25) is 0 Å². The van der Waals surface area contributed by atoms with Gasteiger partial charge in [0.15, 0.2) is 0 Å². The molecule has 0 spiro atoms. The summed E-state index contributed by atoms with van der Waals surface area (Å²) in [4.78, 5) is 14.9. The first kappa shape index (κ1) is 34.0. The Morgan fingerprint density at radius 2 is 1.35 bits per heavy atom. The fourth-order valence-electron chi connectivity index (χ4n) is 2.86. The van der Waals surface area contributed by atoms with Crippen LogP contribution in [0.1, 0.15) is 48.0 Å². The van der Waals surface area contributed by atoms with Crippen LogP contribution in [0, 0.1) is 6.08 Å². The minimum Gasteiger partial charge on any atom is -0.407 e. The van der Waals surface area contributed by atoms with Crippen molar-refractivity contribution in [1.29, 1.82) is 0 Å². The summed E-state index contributed by atoms with van der Waals surface area (Å²) in [5.41, 5.74) is 7.99. The molecule has 3 N–H and O–H groups in total. The van der Waals surface area contributed by atoms with E-state index in [-0.39, 0.29) is 38.5 Å². The number of rotatable bonds is 5. The summed E-state index contributed by atoms with van der Waals surface area (Å²) < 4.78 is 0. The molecule has 0 aliphatic carbocycles. The van der Waals surface area contributed by atoms with Crippen molar-refractivity contribution in [1.82, 2.24) is 10.6 Å². The summed E-state index contributed by atoms with van der Waals surface area (Å²) in [7, 11) is 0. The topological polar surface area (TPSA) is 65.5 Å². The third-order valence-corrected chi connectivity index (χ3v) is 5.25. The molecule has 0 bridgehead atoms. The minimum atomic E-state index is 0. The molecule has 1 radical (unpaired) electrons. The molecule has 0 unspecified atom stereocenters. The van der Waals surface area contributed by atoms with E-state index in [1.165, 1.54) is 6.92 Å². The SMILES string of the molecule is C=C1CC(=C)NC(=C)N1.CC(=Nc1ccccc1)/C(C)=C(\C)Nc1ccccc1.C[C-]=C(C)C(C)=O.[Y]. The van der Waals surface area contributed by atoms with Gasteiger partial charge >= 0.3 is 0 Å². The number of para-hydroxylation sites is 2. The van der Waals surface area contributed by atoms with Crippen molar-refractivity contribution in [2.24, 2.45) is 4.99 Å². The second kappa shape index (κ2) is 18.3. The molecule has 5 nitrogen and oxygen atoms in total. The number of hydrogen-bond acceptors (Lipinski definition) is 5. The first-order chi connectivity index (χ1) is 17.0. The van der Waals surface area contributed by atoms with Crippen LogP contribution in [0.5, 0.6) is 0 Å². The van der Waals surface area contributed by atoms with Gasteiger partial charge in [0.1, 0.15) is 0 Å². The molecule has 1 aliphatic heterocycles. The van der Waals surface area contributed by atoms with Crippen LogP contribution in [0.15, 0.2) is 119 Å². The minimum absolute atomic E-state index is 0. The normalized spacial score (nSPS) is 13.7. The van der Waals surface area contributed by atoms with Gasteiger partial charge in [-0.25, -0.2) is 0 Å². The molecule has 3 rings (SSSR count). The Kier molecular flexibility index (Phi) is 16.8. The number of nitrogens with one attached hydrogen (secondary N) is 3. The van der Waals surface area contributed by atoms with Crippen molar-refractivity contribution in [3.63, 3.8) is 0 Å². The van der Waals surface area contributed by atoms with E-state index >= 15 is 0 Å². The Labute approximate surface area is 248 Å². The van der Waals surface area contributed by atoms with Gasteiger partial charge in [-0.3, -0.25) is 11.1 Å². The van der Waals surface area contributed by atoms with Crippen molar-refractivity contribution < 1.29 is 37.5 Å². The standard InChI is InChI=1S/C18H20N2.C7H10N2.C6H9O.Y/c1-14(15(2)19-17-10-6-4-7-11-17)16(3)20-18-12-8-5-9-13-18;1-5-4-6(2)9-7(3)8-5;1-4-5(2)6(3)7;/h4-13,19H,1-3H3;8-9H,1-4H2;1-3H3;/q;;-1;/b15-14+,20-16?;;;. The number of anilines is 1. The number of carbonyl (C=O) groups is 1. The van der Waals surface area contributed by atoms with Gasteiger partial charge in [0.05, 0.1) is 11.5 Å². The van der Waals surface area contributed by atoms with Gasteiger partial charge in [-0.2, -0.15) is 5.57 Å². The van der Waals surface area contributed by atoms with E-state index in [9.17, 15) is 4.79 Å². The summed E-state index contributed by atoms with van der Waals surface area (Å²) in [6.07, 6.45) is 3.52. The van der Waals surface area contributed by atoms with Crippen molar-refractivity contribution in [2.75, 3.05) is 5.32 Å². The van der Waals surface area contributed by atoms with E-state index in [0.29, 0.717) is 5.57 Å². The molecule has 2 aromatic rings. The average Bonchev–Trinajstić information content (AvgIpc) is 2.84. The Hall–Kier alpha value is -3.02. The molecule has 1 aliphatic rings. The predicted molar refractivity (Wildman–Crippen MR) is 155 cm³/mol. The van der Waals surface area contributed by atoms with Crippen LogP contribution >= 0.6 is 0 Å². The molecule has 0 saturated carbocycles. The molecule has 0 amide bonds. The van der Waals surface area contributed by atoms with E-state index in [1.807, 2.05) is 55.5 Å². The van der Waals surface area contributed by atoms with Crippen molar-refractivity contribution in [3.8, 4) is 0 Å². The van der Waals surface area contributed by atoms with Crippen molar-refractivity contribution in [2.45, 2.75) is 48.0 Å². The zero-order valence-corrected chi connectivity index (χ0v) is 25.9. The van der Waals surface area contributed by atoms with Gasteiger partial charge in [-0.15, -0.1) is 6.92 Å². The number of carbonyl (C=O) groups excluding carboxylic acids is 1. The van der Waals surface area contributed by atoms with Gasteiger partial charge < -0.3 is 20.7 Å². The van der Waals surface area contributed by atoms with E-state index in [4.69, 9.17) is 0 Å². The van der Waals surface area contributed by atoms with Crippen LogP contribution in [0.25, 0.3) is 0 Å². The Bertz CT molecular complexity index is 1100. The molecular weight excluding hydrogens is 533 g/mol. The molecular formula is C31H39N4OY-. The molecule has 6 heteroatoms. The Balaban J connectivity index is 0.000000632. The number of allylic oxidation sites excluding steroid dienone is 4. The van der Waals surface area contributed by atoms with Crippen LogP contribution < -0.4 is 16.0 Å². The fourth-order valence-corrected chi connectivity index (χ4v) is 2.86. The molecule has 0 atom stereocenters. The second-order valence-corrected chi connectivity index (χ2v) is 8.32. The first-order valence-corrected chi connectivity index (χ1v) is 11.7. The molecule has 193 valence electrons. The van der Waals surface area contributed by atoms with Crippen LogP contribution in [0.3, 0.4) is 0 Å². The molecule has 2 aromatic carbocycles.